The number of nitrogens with zero attached hydrogens (tertiary/aromatic N) is 1. The fraction of sp³-hybridized carbons (Fsp3) is 0.562. The third-order valence-electron chi connectivity index (χ3n) is 3.64. The van der Waals surface area contributed by atoms with E-state index in [2.05, 4.69) is 24.4 Å². The fourth-order valence-electron chi connectivity index (χ4n) is 2.71. The van der Waals surface area contributed by atoms with Gasteiger partial charge in [-0.3, -0.25) is 4.79 Å². The summed E-state index contributed by atoms with van der Waals surface area (Å²) in [5, 5.41) is 3.25. The van der Waals surface area contributed by atoms with Crippen LogP contribution in [0.4, 0.5) is 0 Å². The summed E-state index contributed by atoms with van der Waals surface area (Å²) < 4.78 is 5.82. The lowest BCUT2D eigenvalue weighted by Crippen LogP contribution is -2.46. The Morgan fingerprint density at radius 2 is 1.80 bits per heavy atom. The van der Waals surface area contributed by atoms with E-state index in [1.165, 1.54) is 5.56 Å². The molecule has 0 spiro atoms. The molecule has 0 radical (unpaired) electrons. The normalized spacial score (nSPS) is 15.2. The van der Waals surface area contributed by atoms with Gasteiger partial charge in [0.05, 0.1) is 13.0 Å². The van der Waals surface area contributed by atoms with Crippen molar-refractivity contribution < 1.29 is 9.53 Å². The molecule has 0 saturated carbocycles. The van der Waals surface area contributed by atoms with E-state index < -0.39 is 0 Å². The van der Waals surface area contributed by atoms with E-state index in [1.807, 2.05) is 18.7 Å². The Hall–Kier alpha value is -1.55. The van der Waals surface area contributed by atoms with E-state index in [0.717, 1.165) is 43.1 Å². The topological polar surface area (TPSA) is 41.6 Å². The predicted octanol–water partition coefficient (Wildman–Crippen LogP) is 1.81. The summed E-state index contributed by atoms with van der Waals surface area (Å²) in [6, 6.07) is 4.22. The number of carbonyl (C=O) groups excluding carboxylic acids is 1. The van der Waals surface area contributed by atoms with Crippen molar-refractivity contribution in [2.75, 3.05) is 32.8 Å². The van der Waals surface area contributed by atoms with Crippen molar-refractivity contribution in [3.05, 3.63) is 28.8 Å². The Balaban J connectivity index is 1.85. The molecule has 0 aromatic heterocycles. The highest BCUT2D eigenvalue weighted by atomic mass is 16.5. The molecule has 4 heteroatoms. The number of amides is 1. The first-order valence-corrected chi connectivity index (χ1v) is 7.27. The van der Waals surface area contributed by atoms with Gasteiger partial charge >= 0.3 is 0 Å². The Morgan fingerprint density at radius 3 is 2.40 bits per heavy atom. The van der Waals surface area contributed by atoms with E-state index in [9.17, 15) is 4.79 Å². The molecule has 1 aromatic rings. The molecule has 2 rings (SSSR count). The number of rotatable bonds is 4. The Bertz CT molecular complexity index is 456. The number of hydrogen-bond acceptors (Lipinski definition) is 3. The minimum atomic E-state index is 0.189. The second-order valence-electron chi connectivity index (χ2n) is 5.46. The van der Waals surface area contributed by atoms with Gasteiger partial charge in [0, 0.05) is 26.2 Å². The van der Waals surface area contributed by atoms with Crippen LogP contribution < -0.4 is 10.1 Å². The summed E-state index contributed by atoms with van der Waals surface area (Å²) in [4.78, 5) is 13.9. The number of ether oxygens (including phenoxy) is 1. The van der Waals surface area contributed by atoms with Gasteiger partial charge in [0.2, 0.25) is 5.91 Å². The Kier molecular flexibility index (Phi) is 5.01. The number of aryl methyl sites for hydroxylation is 3. The number of benzene rings is 1. The molecule has 0 atom stereocenters. The highest BCUT2D eigenvalue weighted by Gasteiger charge is 2.16. The van der Waals surface area contributed by atoms with Crippen molar-refractivity contribution in [3.8, 4) is 5.75 Å². The zero-order chi connectivity index (χ0) is 14.5. The first-order valence-electron chi connectivity index (χ1n) is 7.27. The summed E-state index contributed by atoms with van der Waals surface area (Å²) in [7, 11) is 0. The highest BCUT2D eigenvalue weighted by molar-refractivity contribution is 5.76. The zero-order valence-corrected chi connectivity index (χ0v) is 12.7. The van der Waals surface area contributed by atoms with Gasteiger partial charge in [0.1, 0.15) is 5.75 Å². The molecule has 0 unspecified atom stereocenters. The van der Waals surface area contributed by atoms with Gasteiger partial charge in [-0.05, 0) is 31.9 Å². The molecule has 20 heavy (non-hydrogen) atoms. The molecule has 0 bridgehead atoms. The van der Waals surface area contributed by atoms with Gasteiger partial charge in [-0.15, -0.1) is 0 Å². The van der Waals surface area contributed by atoms with Crippen LogP contribution in [0.15, 0.2) is 12.1 Å². The van der Waals surface area contributed by atoms with E-state index in [0.29, 0.717) is 13.0 Å². The minimum absolute atomic E-state index is 0.189. The lowest BCUT2D eigenvalue weighted by atomic mass is 10.1. The zero-order valence-electron chi connectivity index (χ0n) is 12.7. The van der Waals surface area contributed by atoms with E-state index >= 15 is 0 Å². The summed E-state index contributed by atoms with van der Waals surface area (Å²) in [6.07, 6.45) is 0.451. The van der Waals surface area contributed by atoms with Crippen molar-refractivity contribution in [3.63, 3.8) is 0 Å². The third kappa shape index (κ3) is 3.73. The molecular formula is C16H24N2O2. The van der Waals surface area contributed by atoms with Crippen LogP contribution in [-0.2, 0) is 4.79 Å². The van der Waals surface area contributed by atoms with E-state index in [4.69, 9.17) is 4.74 Å². The molecule has 4 nitrogen and oxygen atoms in total. The van der Waals surface area contributed by atoms with Crippen LogP contribution in [0.1, 0.15) is 23.1 Å². The average Bonchev–Trinajstić information content (AvgIpc) is 2.42. The predicted molar refractivity (Wildman–Crippen MR) is 80.2 cm³/mol. The van der Waals surface area contributed by atoms with Crippen molar-refractivity contribution in [1.29, 1.82) is 0 Å². The largest absolute Gasteiger partial charge is 0.493 e. The van der Waals surface area contributed by atoms with Gasteiger partial charge in [0.15, 0.2) is 0 Å². The summed E-state index contributed by atoms with van der Waals surface area (Å²) in [5.74, 6) is 1.11. The van der Waals surface area contributed by atoms with Crippen LogP contribution in [-0.4, -0.2) is 43.6 Å². The van der Waals surface area contributed by atoms with Crippen molar-refractivity contribution >= 4 is 5.91 Å². The number of nitrogens with one attached hydrogen (secondary N) is 1. The molecule has 110 valence electrons. The first-order chi connectivity index (χ1) is 9.58. The lowest BCUT2D eigenvalue weighted by molar-refractivity contribution is -0.132. The number of carbonyl (C=O) groups is 1. The molecule has 1 saturated heterocycles. The van der Waals surface area contributed by atoms with Gasteiger partial charge in [-0.2, -0.15) is 0 Å². The monoisotopic (exact) mass is 276 g/mol. The number of piperazine rings is 1. The Labute approximate surface area is 121 Å². The summed E-state index contributed by atoms with van der Waals surface area (Å²) in [5.41, 5.74) is 3.51. The fourth-order valence-corrected chi connectivity index (χ4v) is 2.71. The van der Waals surface area contributed by atoms with Crippen LogP contribution in [0, 0.1) is 20.8 Å². The Morgan fingerprint density at radius 1 is 1.20 bits per heavy atom. The quantitative estimate of drug-likeness (QED) is 0.912. The maximum absolute atomic E-state index is 12.0. The van der Waals surface area contributed by atoms with Gasteiger partial charge in [-0.25, -0.2) is 0 Å². The second kappa shape index (κ2) is 6.75. The average molecular weight is 276 g/mol. The molecule has 1 aliphatic rings. The smallest absolute Gasteiger partial charge is 0.226 e. The van der Waals surface area contributed by atoms with Crippen molar-refractivity contribution in [2.45, 2.75) is 27.2 Å². The van der Waals surface area contributed by atoms with Gasteiger partial charge < -0.3 is 15.0 Å². The van der Waals surface area contributed by atoms with E-state index in [-0.39, 0.29) is 5.91 Å². The van der Waals surface area contributed by atoms with Crippen LogP contribution in [0.5, 0.6) is 5.75 Å². The van der Waals surface area contributed by atoms with Gasteiger partial charge in [0.25, 0.3) is 0 Å². The second-order valence-corrected chi connectivity index (χ2v) is 5.46. The molecule has 1 N–H and O–H groups in total. The molecule has 1 heterocycles. The van der Waals surface area contributed by atoms with Crippen molar-refractivity contribution in [1.82, 2.24) is 10.2 Å². The molecule has 1 fully saturated rings. The summed E-state index contributed by atoms with van der Waals surface area (Å²) in [6.45, 7) is 10.0. The van der Waals surface area contributed by atoms with Crippen LogP contribution in [0.25, 0.3) is 0 Å². The molecule has 1 aliphatic heterocycles. The van der Waals surface area contributed by atoms with Crippen LogP contribution in [0.3, 0.4) is 0 Å². The molecule has 1 aromatic carbocycles. The van der Waals surface area contributed by atoms with E-state index in [1.54, 1.807) is 0 Å². The standard InChI is InChI=1S/C16H24N2O2/c1-12-10-13(2)16(14(3)11-12)20-9-4-15(19)18-7-5-17-6-8-18/h10-11,17H,4-9H2,1-3H3. The minimum Gasteiger partial charge on any atom is -0.493 e. The molecule has 1 amide bonds. The highest BCUT2D eigenvalue weighted by Crippen LogP contribution is 2.24. The first kappa shape index (κ1) is 14.9. The molecular weight excluding hydrogens is 252 g/mol. The van der Waals surface area contributed by atoms with Gasteiger partial charge in [-0.1, -0.05) is 17.7 Å². The van der Waals surface area contributed by atoms with Crippen LogP contribution >= 0.6 is 0 Å². The summed E-state index contributed by atoms with van der Waals surface area (Å²) >= 11 is 0. The third-order valence-corrected chi connectivity index (χ3v) is 3.64. The maximum atomic E-state index is 12.0. The number of hydrogen-bond donors (Lipinski definition) is 1. The SMILES string of the molecule is Cc1cc(C)c(OCCC(=O)N2CCNCC2)c(C)c1. The molecule has 0 aliphatic carbocycles. The van der Waals surface area contributed by atoms with Crippen molar-refractivity contribution in [2.24, 2.45) is 0 Å². The lowest BCUT2D eigenvalue weighted by Gasteiger charge is -2.27. The maximum Gasteiger partial charge on any atom is 0.226 e. The van der Waals surface area contributed by atoms with Crippen LogP contribution in [0.2, 0.25) is 0 Å².